The molecule has 0 radical (unpaired) electrons. The largest absolute Gasteiger partial charge is 0.496 e. The molecule has 0 aliphatic rings. The van der Waals surface area contributed by atoms with E-state index in [1.807, 2.05) is 6.07 Å². The predicted octanol–water partition coefficient (Wildman–Crippen LogP) is 2.00. The average molecular weight is 236 g/mol. The molecule has 3 heteroatoms. The highest BCUT2D eigenvalue weighted by Gasteiger charge is 2.11. The first kappa shape index (κ1) is 14.0. The number of ether oxygens (including phenoxy) is 1. The molecule has 0 fully saturated rings. The van der Waals surface area contributed by atoms with Crippen molar-refractivity contribution in [3.05, 3.63) is 29.3 Å². The number of nitrogens with two attached hydrogens (primary N) is 1. The lowest BCUT2D eigenvalue weighted by atomic mass is 9.94. The molecule has 0 heterocycles. The van der Waals surface area contributed by atoms with Crippen LogP contribution in [-0.2, 0) is 0 Å². The quantitative estimate of drug-likeness (QED) is 0.821. The van der Waals surface area contributed by atoms with Gasteiger partial charge in [0.2, 0.25) is 0 Å². The van der Waals surface area contributed by atoms with Crippen molar-refractivity contribution >= 4 is 0 Å². The zero-order chi connectivity index (χ0) is 12.8. The molecule has 0 aliphatic heterocycles. The molecule has 1 aromatic rings. The molecule has 3 nitrogen and oxygen atoms in total. The summed E-state index contributed by atoms with van der Waals surface area (Å²) in [6.45, 7) is 3.83. The Morgan fingerprint density at radius 3 is 2.53 bits per heavy atom. The number of hydrogen-bond donors (Lipinski definition) is 1. The number of nitrogens with zero attached hydrogens (tertiary/aromatic N) is 1. The molecule has 0 saturated heterocycles. The summed E-state index contributed by atoms with van der Waals surface area (Å²) in [6.07, 6.45) is 1.09. The Labute approximate surface area is 105 Å². The molecule has 1 aromatic carbocycles. The van der Waals surface area contributed by atoms with Crippen LogP contribution < -0.4 is 10.5 Å². The van der Waals surface area contributed by atoms with E-state index in [1.54, 1.807) is 7.11 Å². The van der Waals surface area contributed by atoms with Crippen molar-refractivity contribution in [2.45, 2.75) is 19.3 Å². The molecule has 96 valence electrons. The Morgan fingerprint density at radius 2 is 2.06 bits per heavy atom. The zero-order valence-corrected chi connectivity index (χ0v) is 11.4. The summed E-state index contributed by atoms with van der Waals surface area (Å²) in [6, 6.07) is 6.34. The van der Waals surface area contributed by atoms with Crippen LogP contribution in [0.2, 0.25) is 0 Å². The number of aryl methyl sites for hydroxylation is 1. The Balaban J connectivity index is 2.78. The van der Waals surface area contributed by atoms with Crippen LogP contribution >= 0.6 is 0 Å². The number of benzene rings is 1. The van der Waals surface area contributed by atoms with E-state index in [1.165, 1.54) is 11.1 Å². The smallest absolute Gasteiger partial charge is 0.121 e. The summed E-state index contributed by atoms with van der Waals surface area (Å²) in [4.78, 5) is 2.19. The lowest BCUT2D eigenvalue weighted by molar-refractivity contribution is 0.381. The van der Waals surface area contributed by atoms with Crippen LogP contribution in [0.1, 0.15) is 23.5 Å². The Kier molecular flexibility index (Phi) is 5.45. The minimum absolute atomic E-state index is 0.432. The van der Waals surface area contributed by atoms with Gasteiger partial charge in [0.15, 0.2) is 0 Å². The van der Waals surface area contributed by atoms with E-state index in [9.17, 15) is 0 Å². The van der Waals surface area contributed by atoms with Gasteiger partial charge in [0.25, 0.3) is 0 Å². The third kappa shape index (κ3) is 4.02. The van der Waals surface area contributed by atoms with E-state index in [2.05, 4.69) is 38.1 Å². The van der Waals surface area contributed by atoms with Gasteiger partial charge in [0.1, 0.15) is 5.75 Å². The Hall–Kier alpha value is -1.06. The molecule has 1 atom stereocenters. The predicted molar refractivity (Wildman–Crippen MR) is 72.7 cm³/mol. The molecule has 0 bridgehead atoms. The fourth-order valence-corrected chi connectivity index (χ4v) is 1.99. The molecule has 0 aliphatic carbocycles. The van der Waals surface area contributed by atoms with Gasteiger partial charge in [-0.3, -0.25) is 0 Å². The summed E-state index contributed by atoms with van der Waals surface area (Å²) in [5.41, 5.74) is 8.35. The van der Waals surface area contributed by atoms with E-state index in [-0.39, 0.29) is 0 Å². The van der Waals surface area contributed by atoms with E-state index in [0.29, 0.717) is 12.5 Å². The zero-order valence-electron chi connectivity index (χ0n) is 11.4. The fraction of sp³-hybridized carbons (Fsp3) is 0.571. The van der Waals surface area contributed by atoms with Gasteiger partial charge >= 0.3 is 0 Å². The molecular weight excluding hydrogens is 212 g/mol. The third-order valence-corrected chi connectivity index (χ3v) is 3.10. The van der Waals surface area contributed by atoms with Gasteiger partial charge in [-0.05, 0) is 63.6 Å². The highest BCUT2D eigenvalue weighted by atomic mass is 16.5. The number of rotatable bonds is 6. The SMILES string of the molecule is COc1ccc(C(CN)CCN(C)C)cc1C. The van der Waals surface area contributed by atoms with E-state index in [0.717, 1.165) is 18.7 Å². The van der Waals surface area contributed by atoms with E-state index in [4.69, 9.17) is 10.5 Å². The van der Waals surface area contributed by atoms with Crippen molar-refractivity contribution < 1.29 is 4.74 Å². The summed E-state index contributed by atoms with van der Waals surface area (Å²) < 4.78 is 5.27. The maximum Gasteiger partial charge on any atom is 0.121 e. The van der Waals surface area contributed by atoms with Crippen LogP contribution in [0, 0.1) is 6.92 Å². The van der Waals surface area contributed by atoms with Crippen molar-refractivity contribution in [2.24, 2.45) is 5.73 Å². The van der Waals surface area contributed by atoms with Gasteiger partial charge in [-0.1, -0.05) is 12.1 Å². The van der Waals surface area contributed by atoms with Crippen LogP contribution in [0.4, 0.5) is 0 Å². The van der Waals surface area contributed by atoms with Crippen molar-refractivity contribution in [1.82, 2.24) is 4.90 Å². The minimum atomic E-state index is 0.432. The molecule has 17 heavy (non-hydrogen) atoms. The maximum absolute atomic E-state index is 5.86. The van der Waals surface area contributed by atoms with E-state index >= 15 is 0 Å². The lowest BCUT2D eigenvalue weighted by Crippen LogP contribution is -2.20. The molecule has 0 amide bonds. The highest BCUT2D eigenvalue weighted by Crippen LogP contribution is 2.25. The standard InChI is InChI=1S/C14H24N2O/c1-11-9-12(5-6-14(11)17-4)13(10-15)7-8-16(2)3/h5-6,9,13H,7-8,10,15H2,1-4H3. The van der Waals surface area contributed by atoms with Gasteiger partial charge < -0.3 is 15.4 Å². The molecule has 0 saturated carbocycles. The van der Waals surface area contributed by atoms with Crippen LogP contribution in [-0.4, -0.2) is 39.2 Å². The van der Waals surface area contributed by atoms with E-state index < -0.39 is 0 Å². The fourth-order valence-electron chi connectivity index (χ4n) is 1.99. The topological polar surface area (TPSA) is 38.5 Å². The van der Waals surface area contributed by atoms with Crippen molar-refractivity contribution in [1.29, 1.82) is 0 Å². The molecule has 1 rings (SSSR count). The number of hydrogen-bond acceptors (Lipinski definition) is 3. The molecule has 0 aromatic heterocycles. The molecule has 2 N–H and O–H groups in total. The summed E-state index contributed by atoms with van der Waals surface area (Å²) in [5, 5.41) is 0. The Bertz CT molecular complexity index is 350. The summed E-state index contributed by atoms with van der Waals surface area (Å²) in [7, 11) is 5.88. The molecule has 0 spiro atoms. The average Bonchev–Trinajstić information content (AvgIpc) is 2.29. The van der Waals surface area contributed by atoms with Crippen LogP contribution in [0.15, 0.2) is 18.2 Å². The first-order chi connectivity index (χ1) is 8.08. The van der Waals surface area contributed by atoms with Crippen LogP contribution in [0.25, 0.3) is 0 Å². The second-order valence-corrected chi connectivity index (χ2v) is 4.75. The Morgan fingerprint density at radius 1 is 1.35 bits per heavy atom. The van der Waals surface area contributed by atoms with Crippen LogP contribution in [0.5, 0.6) is 5.75 Å². The lowest BCUT2D eigenvalue weighted by Gasteiger charge is -2.19. The van der Waals surface area contributed by atoms with Gasteiger partial charge in [-0.15, -0.1) is 0 Å². The van der Waals surface area contributed by atoms with Gasteiger partial charge in [-0.25, -0.2) is 0 Å². The van der Waals surface area contributed by atoms with Crippen molar-refractivity contribution in [3.63, 3.8) is 0 Å². The van der Waals surface area contributed by atoms with Gasteiger partial charge in [-0.2, -0.15) is 0 Å². The third-order valence-electron chi connectivity index (χ3n) is 3.10. The van der Waals surface area contributed by atoms with Gasteiger partial charge in [0, 0.05) is 0 Å². The monoisotopic (exact) mass is 236 g/mol. The maximum atomic E-state index is 5.86. The van der Waals surface area contributed by atoms with Crippen LogP contribution in [0.3, 0.4) is 0 Å². The van der Waals surface area contributed by atoms with Crippen molar-refractivity contribution in [3.8, 4) is 5.75 Å². The molecule has 1 unspecified atom stereocenters. The number of methoxy groups -OCH3 is 1. The highest BCUT2D eigenvalue weighted by molar-refractivity contribution is 5.37. The minimum Gasteiger partial charge on any atom is -0.496 e. The van der Waals surface area contributed by atoms with Crippen molar-refractivity contribution in [2.75, 3.05) is 34.3 Å². The first-order valence-corrected chi connectivity index (χ1v) is 6.07. The molecular formula is C14H24N2O. The second-order valence-electron chi connectivity index (χ2n) is 4.75. The summed E-state index contributed by atoms with van der Waals surface area (Å²) >= 11 is 0. The second kappa shape index (κ2) is 6.62. The first-order valence-electron chi connectivity index (χ1n) is 6.07. The summed E-state index contributed by atoms with van der Waals surface area (Å²) in [5.74, 6) is 1.37. The van der Waals surface area contributed by atoms with Gasteiger partial charge in [0.05, 0.1) is 7.11 Å². The normalized spacial score (nSPS) is 12.8.